The van der Waals surface area contributed by atoms with Crippen LogP contribution in [-0.4, -0.2) is 24.4 Å². The van der Waals surface area contributed by atoms with Gasteiger partial charge in [0.25, 0.3) is 0 Å². The van der Waals surface area contributed by atoms with Crippen LogP contribution in [0.1, 0.15) is 113 Å². The van der Waals surface area contributed by atoms with E-state index >= 15 is 0 Å². The summed E-state index contributed by atoms with van der Waals surface area (Å²) in [5.41, 5.74) is 2.51. The molecule has 0 heterocycles. The zero-order valence-corrected chi connectivity index (χ0v) is 24.5. The number of ether oxygens (including phenoxy) is 1. The molecule has 1 N–H and O–H groups in total. The van der Waals surface area contributed by atoms with Crippen LogP contribution < -0.4 is 0 Å². The van der Waals surface area contributed by atoms with E-state index in [0.717, 1.165) is 61.6 Å². The summed E-state index contributed by atoms with van der Waals surface area (Å²) in [6.45, 7) is 20.5. The van der Waals surface area contributed by atoms with E-state index in [-0.39, 0.29) is 6.10 Å². The predicted octanol–water partition coefficient (Wildman–Crippen LogP) is 8.84. The molecule has 202 valence electrons. The molecule has 0 aromatic heterocycles. The lowest BCUT2D eigenvalue weighted by Crippen LogP contribution is -2.50. The molecule has 0 amide bonds. The Morgan fingerprint density at radius 2 is 1.69 bits per heavy atom. The van der Waals surface area contributed by atoms with Crippen molar-refractivity contribution >= 4 is 0 Å². The molecule has 3 fully saturated rings. The Bertz CT molecular complexity index is 721. The second-order valence-electron chi connectivity index (χ2n) is 13.2. The van der Waals surface area contributed by atoms with Crippen LogP contribution >= 0.6 is 0 Å². The van der Waals surface area contributed by atoms with Gasteiger partial charge in [-0.05, 0) is 124 Å². The van der Waals surface area contributed by atoms with E-state index in [1.54, 1.807) is 5.57 Å². The van der Waals surface area contributed by atoms with Gasteiger partial charge in [-0.15, -0.1) is 0 Å². The highest BCUT2D eigenvalue weighted by atomic mass is 16.5. The first-order valence-corrected chi connectivity index (χ1v) is 15.3. The molecule has 4 aliphatic rings. The molecule has 35 heavy (non-hydrogen) atoms. The maximum atomic E-state index is 10.2. The lowest BCUT2D eigenvalue weighted by Gasteiger charge is -2.58. The number of allylic oxidation sites excluding steroid dienone is 3. The van der Waals surface area contributed by atoms with Crippen molar-refractivity contribution in [2.45, 2.75) is 119 Å². The zero-order chi connectivity index (χ0) is 25.8. The van der Waals surface area contributed by atoms with E-state index in [9.17, 15) is 5.11 Å². The Morgan fingerprint density at radius 1 is 0.971 bits per heavy atom. The summed E-state index contributed by atoms with van der Waals surface area (Å²) >= 11 is 0. The Morgan fingerprint density at radius 3 is 2.29 bits per heavy atom. The van der Waals surface area contributed by atoms with E-state index in [4.69, 9.17) is 4.74 Å². The van der Waals surface area contributed by atoms with Crippen LogP contribution in [0.5, 0.6) is 0 Å². The minimum Gasteiger partial charge on any atom is -0.393 e. The summed E-state index contributed by atoms with van der Waals surface area (Å²) in [6.07, 6.45) is 19.1. The van der Waals surface area contributed by atoms with Crippen LogP contribution in [0, 0.1) is 52.3 Å². The Kier molecular flexibility index (Phi) is 10.2. The summed E-state index contributed by atoms with van der Waals surface area (Å²) in [4.78, 5) is 0. The molecule has 0 aromatic carbocycles. The topological polar surface area (TPSA) is 29.5 Å². The van der Waals surface area contributed by atoms with Crippen LogP contribution in [0.3, 0.4) is 0 Å². The van der Waals surface area contributed by atoms with Gasteiger partial charge >= 0.3 is 0 Å². The van der Waals surface area contributed by atoms with Gasteiger partial charge in [-0.3, -0.25) is 0 Å². The molecule has 0 aromatic rings. The lowest BCUT2D eigenvalue weighted by molar-refractivity contribution is -0.0540. The van der Waals surface area contributed by atoms with E-state index in [0.29, 0.717) is 16.7 Å². The fourth-order valence-corrected chi connectivity index (χ4v) is 9.03. The third-order valence-electron chi connectivity index (χ3n) is 11.2. The average molecular weight is 487 g/mol. The molecular weight excluding hydrogens is 428 g/mol. The third-order valence-corrected chi connectivity index (χ3v) is 11.2. The number of hydrogen-bond donors (Lipinski definition) is 1. The largest absolute Gasteiger partial charge is 0.393 e. The third kappa shape index (κ3) is 5.95. The number of rotatable bonds is 7. The van der Waals surface area contributed by atoms with Crippen LogP contribution in [0.25, 0.3) is 0 Å². The van der Waals surface area contributed by atoms with Gasteiger partial charge in [0.2, 0.25) is 0 Å². The van der Waals surface area contributed by atoms with E-state index < -0.39 is 0 Å². The molecule has 0 spiro atoms. The Hall–Kier alpha value is -0.600. The molecule has 0 bridgehead atoms. The first-order valence-electron chi connectivity index (χ1n) is 15.3. The van der Waals surface area contributed by atoms with Gasteiger partial charge in [0, 0.05) is 13.2 Å². The van der Waals surface area contributed by atoms with Crippen molar-refractivity contribution in [1.82, 2.24) is 0 Å². The Balaban J connectivity index is 0.000000623. The van der Waals surface area contributed by atoms with Crippen molar-refractivity contribution in [3.05, 3.63) is 23.8 Å². The standard InChI is InChI=1S/C29H48O.C4H10O/c1-7-21(19(2)3)9-8-20(4)25-12-13-26-24-11-10-22-18-23(30)14-16-28(22,5)27(24)15-17-29(25,26)6;1-3-5-4-2/h8-10,19-21,23-27,30H,7,11-18H2,1-6H3;3-4H2,1-2H3/b9-8+;/t20-,21-,23+,24+,25-,26+,27+,28+,29-;/m1./s1. The van der Waals surface area contributed by atoms with E-state index in [2.05, 4.69) is 59.8 Å². The summed E-state index contributed by atoms with van der Waals surface area (Å²) in [5.74, 6) is 5.70. The average Bonchev–Trinajstić information content (AvgIpc) is 3.18. The van der Waals surface area contributed by atoms with Crippen LogP contribution in [-0.2, 0) is 4.74 Å². The van der Waals surface area contributed by atoms with Crippen molar-refractivity contribution in [1.29, 1.82) is 0 Å². The predicted molar refractivity (Wildman–Crippen MR) is 150 cm³/mol. The van der Waals surface area contributed by atoms with E-state index in [1.165, 1.54) is 44.9 Å². The van der Waals surface area contributed by atoms with Crippen molar-refractivity contribution in [2.24, 2.45) is 52.3 Å². The van der Waals surface area contributed by atoms with Crippen LogP contribution in [0.4, 0.5) is 0 Å². The highest BCUT2D eigenvalue weighted by Gasteiger charge is 2.58. The highest BCUT2D eigenvalue weighted by molar-refractivity contribution is 5.25. The summed E-state index contributed by atoms with van der Waals surface area (Å²) < 4.78 is 4.83. The maximum absolute atomic E-state index is 10.2. The molecular formula is C33H58O2. The second kappa shape index (κ2) is 12.3. The molecule has 2 heteroatoms. The van der Waals surface area contributed by atoms with Crippen molar-refractivity contribution in [2.75, 3.05) is 13.2 Å². The van der Waals surface area contributed by atoms with Crippen molar-refractivity contribution in [3.63, 3.8) is 0 Å². The molecule has 0 radical (unpaired) electrons. The van der Waals surface area contributed by atoms with Gasteiger partial charge in [0.1, 0.15) is 0 Å². The molecule has 0 saturated heterocycles. The van der Waals surface area contributed by atoms with Gasteiger partial charge in [0.05, 0.1) is 6.10 Å². The molecule has 3 saturated carbocycles. The normalized spacial score (nSPS) is 40.3. The summed E-state index contributed by atoms with van der Waals surface area (Å²) in [7, 11) is 0. The van der Waals surface area contributed by atoms with Crippen LogP contribution in [0.2, 0.25) is 0 Å². The minimum absolute atomic E-state index is 0.0870. The smallest absolute Gasteiger partial charge is 0.0577 e. The maximum Gasteiger partial charge on any atom is 0.0577 e. The molecule has 2 nitrogen and oxygen atoms in total. The first-order chi connectivity index (χ1) is 16.6. The fraction of sp³-hybridized carbons (Fsp3) is 0.879. The highest BCUT2D eigenvalue weighted by Crippen LogP contribution is 2.67. The second-order valence-corrected chi connectivity index (χ2v) is 13.2. The monoisotopic (exact) mass is 486 g/mol. The minimum atomic E-state index is -0.0870. The first kappa shape index (κ1) is 29.0. The van der Waals surface area contributed by atoms with Gasteiger partial charge in [-0.25, -0.2) is 0 Å². The van der Waals surface area contributed by atoms with E-state index in [1.807, 2.05) is 13.8 Å². The molecule has 4 rings (SSSR count). The molecule has 0 unspecified atom stereocenters. The fourth-order valence-electron chi connectivity index (χ4n) is 9.03. The van der Waals surface area contributed by atoms with Gasteiger partial charge in [-0.1, -0.05) is 65.3 Å². The van der Waals surface area contributed by atoms with Crippen molar-refractivity contribution < 1.29 is 9.84 Å². The van der Waals surface area contributed by atoms with Crippen molar-refractivity contribution in [3.8, 4) is 0 Å². The lowest BCUT2D eigenvalue weighted by atomic mass is 9.47. The number of fused-ring (bicyclic) bond motifs is 5. The van der Waals surface area contributed by atoms with Gasteiger partial charge in [0.15, 0.2) is 0 Å². The SMILES string of the molecule is CCOCC.CC[C@H](/C=C/[C@@H](C)[C@H]1CC[C@H]2[C@@H]3CC=C4C[C@@H](O)CC[C@]4(C)[C@H]3CC[C@]12C)C(C)C. The summed E-state index contributed by atoms with van der Waals surface area (Å²) in [6, 6.07) is 0. The number of aliphatic hydroxyl groups is 1. The molecule has 0 aliphatic heterocycles. The number of aliphatic hydroxyl groups excluding tert-OH is 1. The van der Waals surface area contributed by atoms with Gasteiger partial charge in [-0.2, -0.15) is 0 Å². The summed E-state index contributed by atoms with van der Waals surface area (Å²) in [5, 5.41) is 10.2. The van der Waals surface area contributed by atoms with Crippen LogP contribution in [0.15, 0.2) is 23.8 Å². The molecule has 4 aliphatic carbocycles. The molecule has 9 atom stereocenters. The quantitative estimate of drug-likeness (QED) is 0.364. The Labute approximate surface area is 218 Å². The zero-order valence-electron chi connectivity index (χ0n) is 24.5. The number of hydrogen-bond acceptors (Lipinski definition) is 2. The van der Waals surface area contributed by atoms with Gasteiger partial charge < -0.3 is 9.84 Å².